The minimum absolute atomic E-state index is 0.225. The number of rotatable bonds is 0. The van der Waals surface area contributed by atoms with Crippen molar-refractivity contribution in [2.75, 3.05) is 6.54 Å². The van der Waals surface area contributed by atoms with E-state index in [-0.39, 0.29) is 5.91 Å². The lowest BCUT2D eigenvalue weighted by Crippen LogP contribution is -2.21. The summed E-state index contributed by atoms with van der Waals surface area (Å²) >= 11 is 0. The Morgan fingerprint density at radius 1 is 1.25 bits per heavy atom. The maximum absolute atomic E-state index is 10.6. The molecule has 3 amide bonds. The molecule has 0 atom stereocenters. The summed E-state index contributed by atoms with van der Waals surface area (Å²) in [6.07, 6.45) is 4.18. The highest BCUT2D eigenvalue weighted by Crippen LogP contribution is 2.02. The monoisotopic (exact) mass is 173 g/mol. The van der Waals surface area contributed by atoms with E-state index in [1.807, 2.05) is 0 Å². The van der Waals surface area contributed by atoms with Gasteiger partial charge in [0.1, 0.15) is 0 Å². The lowest BCUT2D eigenvalue weighted by Gasteiger charge is -1.93. The topological polar surface area (TPSA) is 98.2 Å². The molecule has 1 aliphatic heterocycles. The third-order valence-electron chi connectivity index (χ3n) is 1.40. The highest BCUT2D eigenvalue weighted by atomic mass is 16.2. The lowest BCUT2D eigenvalue weighted by atomic mass is 10.2. The van der Waals surface area contributed by atoms with E-state index in [9.17, 15) is 4.79 Å². The fourth-order valence-electron chi connectivity index (χ4n) is 0.904. The van der Waals surface area contributed by atoms with Crippen LogP contribution in [0.25, 0.3) is 0 Å². The number of hydrogen-bond donors (Lipinski definition) is 3. The molecule has 70 valence electrons. The van der Waals surface area contributed by atoms with E-state index in [2.05, 4.69) is 16.8 Å². The van der Waals surface area contributed by atoms with Gasteiger partial charge in [0.05, 0.1) is 0 Å². The van der Waals surface area contributed by atoms with Crippen LogP contribution >= 0.6 is 0 Å². The van der Waals surface area contributed by atoms with Crippen LogP contribution in [0.4, 0.5) is 4.79 Å². The number of primary amides is 2. The molecule has 0 spiro atoms. The Labute approximate surface area is 71.5 Å². The number of hydrogen-bond acceptors (Lipinski definition) is 2. The molecule has 5 N–H and O–H groups in total. The average Bonchev–Trinajstić information content (AvgIpc) is 2.14. The highest BCUT2D eigenvalue weighted by molar-refractivity contribution is 5.75. The van der Waals surface area contributed by atoms with E-state index >= 15 is 0 Å². The standard InChI is InChI=1S/C6H11NO.CH4N2O/c8-6-4-2-1-3-5-7-6;2-1(3)4/h1-5H2,(H,7,8);(H4,2,3,4). The average molecular weight is 173 g/mol. The minimum atomic E-state index is -0.833. The van der Waals surface area contributed by atoms with Gasteiger partial charge in [0.15, 0.2) is 0 Å². The second kappa shape index (κ2) is 6.45. The molecular formula is C7H15N3O2. The van der Waals surface area contributed by atoms with Gasteiger partial charge >= 0.3 is 6.03 Å². The number of amides is 3. The molecule has 1 fully saturated rings. The first kappa shape index (κ1) is 10.7. The molecule has 12 heavy (non-hydrogen) atoms. The Bertz CT molecular complexity index is 145. The molecule has 5 heteroatoms. The molecule has 1 aliphatic rings. The molecule has 0 unspecified atom stereocenters. The first-order valence-electron chi connectivity index (χ1n) is 3.94. The van der Waals surface area contributed by atoms with Gasteiger partial charge in [-0.3, -0.25) is 4.79 Å². The number of nitrogens with one attached hydrogen (secondary N) is 1. The van der Waals surface area contributed by atoms with E-state index in [0.29, 0.717) is 0 Å². The van der Waals surface area contributed by atoms with Crippen LogP contribution in [-0.2, 0) is 4.79 Å². The summed E-state index contributed by atoms with van der Waals surface area (Å²) in [6, 6.07) is -0.833. The molecule has 0 radical (unpaired) electrons. The fourth-order valence-corrected chi connectivity index (χ4v) is 0.904. The quantitative estimate of drug-likeness (QED) is 0.468. The Hall–Kier alpha value is -1.26. The summed E-state index contributed by atoms with van der Waals surface area (Å²) in [5.41, 5.74) is 8.50. The zero-order chi connectivity index (χ0) is 9.40. The molecule has 0 bridgehead atoms. The fraction of sp³-hybridized carbons (Fsp3) is 0.714. The molecule has 1 saturated heterocycles. The first-order valence-corrected chi connectivity index (χ1v) is 3.94. The van der Waals surface area contributed by atoms with Crippen molar-refractivity contribution in [1.82, 2.24) is 5.32 Å². The third kappa shape index (κ3) is 8.74. The van der Waals surface area contributed by atoms with E-state index in [1.165, 1.54) is 6.42 Å². The van der Waals surface area contributed by atoms with E-state index in [4.69, 9.17) is 4.79 Å². The Kier molecular flexibility index (Phi) is 5.77. The second-order valence-electron chi connectivity index (χ2n) is 2.56. The molecule has 0 aromatic heterocycles. The minimum Gasteiger partial charge on any atom is -0.356 e. The Morgan fingerprint density at radius 3 is 2.42 bits per heavy atom. The van der Waals surface area contributed by atoms with Crippen molar-refractivity contribution < 1.29 is 9.59 Å². The van der Waals surface area contributed by atoms with Crippen LogP contribution < -0.4 is 16.8 Å². The van der Waals surface area contributed by atoms with Gasteiger partial charge in [-0.2, -0.15) is 0 Å². The Morgan fingerprint density at radius 2 is 1.83 bits per heavy atom. The van der Waals surface area contributed by atoms with Crippen LogP contribution in [0.15, 0.2) is 0 Å². The summed E-state index contributed by atoms with van der Waals surface area (Å²) in [5, 5.41) is 2.81. The normalized spacial score (nSPS) is 16.5. The van der Waals surface area contributed by atoms with Gasteiger partial charge < -0.3 is 16.8 Å². The summed E-state index contributed by atoms with van der Waals surface area (Å²) in [6.45, 7) is 0.888. The molecule has 0 saturated carbocycles. The molecular weight excluding hydrogens is 158 g/mol. The first-order chi connectivity index (χ1) is 5.63. The van der Waals surface area contributed by atoms with Crippen LogP contribution in [0.5, 0.6) is 0 Å². The van der Waals surface area contributed by atoms with Crippen molar-refractivity contribution in [3.8, 4) is 0 Å². The van der Waals surface area contributed by atoms with Gasteiger partial charge in [0.25, 0.3) is 0 Å². The van der Waals surface area contributed by atoms with Gasteiger partial charge in [0.2, 0.25) is 5.91 Å². The van der Waals surface area contributed by atoms with Crippen molar-refractivity contribution in [3.63, 3.8) is 0 Å². The molecule has 0 aromatic rings. The predicted octanol–water partition coefficient (Wildman–Crippen LogP) is -0.300. The van der Waals surface area contributed by atoms with Crippen molar-refractivity contribution in [2.45, 2.75) is 25.7 Å². The van der Waals surface area contributed by atoms with Crippen LogP contribution in [-0.4, -0.2) is 18.5 Å². The highest BCUT2D eigenvalue weighted by Gasteiger charge is 2.03. The van der Waals surface area contributed by atoms with Crippen molar-refractivity contribution in [2.24, 2.45) is 11.5 Å². The zero-order valence-electron chi connectivity index (χ0n) is 7.01. The smallest absolute Gasteiger partial charge is 0.309 e. The molecule has 1 rings (SSSR count). The van der Waals surface area contributed by atoms with E-state index < -0.39 is 6.03 Å². The molecule has 0 aliphatic carbocycles. The van der Waals surface area contributed by atoms with Crippen LogP contribution in [0.3, 0.4) is 0 Å². The van der Waals surface area contributed by atoms with Gasteiger partial charge in [-0.15, -0.1) is 0 Å². The van der Waals surface area contributed by atoms with Gasteiger partial charge in [-0.05, 0) is 12.8 Å². The summed E-state index contributed by atoms with van der Waals surface area (Å²) < 4.78 is 0. The van der Waals surface area contributed by atoms with Gasteiger partial charge in [0, 0.05) is 13.0 Å². The molecule has 5 nitrogen and oxygen atoms in total. The summed E-state index contributed by atoms with van der Waals surface area (Å²) in [5.74, 6) is 0.225. The molecule has 0 aromatic carbocycles. The van der Waals surface area contributed by atoms with E-state index in [0.717, 1.165) is 25.8 Å². The lowest BCUT2D eigenvalue weighted by molar-refractivity contribution is -0.120. The van der Waals surface area contributed by atoms with Gasteiger partial charge in [-0.1, -0.05) is 6.42 Å². The summed E-state index contributed by atoms with van der Waals surface area (Å²) in [7, 11) is 0. The SMILES string of the molecule is NC(N)=O.O=C1CCCCCN1. The molecule has 1 heterocycles. The number of urea groups is 1. The maximum atomic E-state index is 10.6. The van der Waals surface area contributed by atoms with Crippen LogP contribution in [0.1, 0.15) is 25.7 Å². The van der Waals surface area contributed by atoms with Crippen molar-refractivity contribution in [3.05, 3.63) is 0 Å². The van der Waals surface area contributed by atoms with Gasteiger partial charge in [-0.25, -0.2) is 4.79 Å². The van der Waals surface area contributed by atoms with Crippen LogP contribution in [0, 0.1) is 0 Å². The number of carbonyl (C=O) groups excluding carboxylic acids is 2. The van der Waals surface area contributed by atoms with E-state index in [1.54, 1.807) is 0 Å². The third-order valence-corrected chi connectivity index (χ3v) is 1.40. The van der Waals surface area contributed by atoms with Crippen LogP contribution in [0.2, 0.25) is 0 Å². The maximum Gasteiger partial charge on any atom is 0.309 e. The summed E-state index contributed by atoms with van der Waals surface area (Å²) in [4.78, 5) is 19.6. The largest absolute Gasteiger partial charge is 0.356 e. The number of carbonyl (C=O) groups is 2. The predicted molar refractivity (Wildman–Crippen MR) is 45.2 cm³/mol. The second-order valence-corrected chi connectivity index (χ2v) is 2.56. The zero-order valence-corrected chi connectivity index (χ0v) is 7.01. The van der Waals surface area contributed by atoms with Crippen molar-refractivity contribution >= 4 is 11.9 Å². The number of nitrogens with two attached hydrogens (primary N) is 2. The van der Waals surface area contributed by atoms with Crippen molar-refractivity contribution in [1.29, 1.82) is 0 Å². The Balaban J connectivity index is 0.000000261.